The lowest BCUT2D eigenvalue weighted by Crippen LogP contribution is -2.27. The molecule has 1 nitrogen and oxygen atoms in total. The van der Waals surface area contributed by atoms with Crippen LogP contribution in [0.15, 0.2) is 18.2 Å². The Bertz CT molecular complexity index is 607. The lowest BCUT2D eigenvalue weighted by molar-refractivity contribution is 0.146. The summed E-state index contributed by atoms with van der Waals surface area (Å²) >= 11 is 0. The van der Waals surface area contributed by atoms with Crippen LogP contribution >= 0.6 is 0 Å². The Morgan fingerprint density at radius 1 is 0.933 bits per heavy atom. The third kappa shape index (κ3) is 7.35. The molecule has 2 saturated carbocycles. The van der Waals surface area contributed by atoms with E-state index in [4.69, 9.17) is 4.74 Å². The SMILES string of the molecule is CCCCCC1CCC(C2CCC(C[SiH2]c3ccc(OCCF)cc3F)CC2)CC1. The first-order valence-corrected chi connectivity index (χ1v) is 14.4. The number of hydrogen-bond donors (Lipinski definition) is 0. The maximum absolute atomic E-state index is 14.3. The summed E-state index contributed by atoms with van der Waals surface area (Å²) in [5.41, 5.74) is 0. The van der Waals surface area contributed by atoms with Gasteiger partial charge in [-0.2, -0.15) is 0 Å². The Balaban J connectivity index is 1.34. The van der Waals surface area contributed by atoms with Crippen molar-refractivity contribution in [3.63, 3.8) is 0 Å². The van der Waals surface area contributed by atoms with Gasteiger partial charge in [0.25, 0.3) is 0 Å². The Morgan fingerprint density at radius 2 is 1.60 bits per heavy atom. The first-order valence-electron chi connectivity index (χ1n) is 12.7. The van der Waals surface area contributed by atoms with E-state index < -0.39 is 16.2 Å². The maximum Gasteiger partial charge on any atom is 0.125 e. The van der Waals surface area contributed by atoms with Crippen molar-refractivity contribution in [3.8, 4) is 5.75 Å². The molecule has 0 unspecified atom stereocenters. The highest BCUT2D eigenvalue weighted by Crippen LogP contribution is 2.42. The molecule has 0 saturated heterocycles. The van der Waals surface area contributed by atoms with Gasteiger partial charge in [-0.15, -0.1) is 0 Å². The Morgan fingerprint density at radius 3 is 2.20 bits per heavy atom. The summed E-state index contributed by atoms with van der Waals surface area (Å²) in [6.45, 7) is 1.76. The fourth-order valence-electron chi connectivity index (χ4n) is 5.92. The van der Waals surface area contributed by atoms with Gasteiger partial charge in [0.1, 0.15) is 24.8 Å². The molecule has 0 radical (unpaired) electrons. The van der Waals surface area contributed by atoms with Crippen molar-refractivity contribution in [2.24, 2.45) is 23.7 Å². The van der Waals surface area contributed by atoms with E-state index in [1.165, 1.54) is 89.2 Å². The van der Waals surface area contributed by atoms with Crippen LogP contribution in [0.1, 0.15) is 84.0 Å². The van der Waals surface area contributed by atoms with Crippen molar-refractivity contribution in [2.45, 2.75) is 90.0 Å². The van der Waals surface area contributed by atoms with Gasteiger partial charge in [-0.25, -0.2) is 8.78 Å². The number of rotatable bonds is 11. The first-order chi connectivity index (χ1) is 14.7. The second-order valence-electron chi connectivity index (χ2n) is 9.89. The third-order valence-electron chi connectivity index (χ3n) is 7.86. The molecule has 1 aromatic rings. The van der Waals surface area contributed by atoms with Crippen LogP contribution in [0.2, 0.25) is 6.04 Å². The second-order valence-corrected chi connectivity index (χ2v) is 11.7. The highest BCUT2D eigenvalue weighted by Gasteiger charge is 2.30. The van der Waals surface area contributed by atoms with Crippen molar-refractivity contribution >= 4 is 14.7 Å². The van der Waals surface area contributed by atoms with Crippen LogP contribution in [0.4, 0.5) is 8.78 Å². The normalized spacial score (nSPS) is 27.6. The van der Waals surface area contributed by atoms with E-state index in [-0.39, 0.29) is 12.4 Å². The van der Waals surface area contributed by atoms with Crippen molar-refractivity contribution < 1.29 is 13.5 Å². The van der Waals surface area contributed by atoms with Gasteiger partial charge >= 0.3 is 0 Å². The average molecular weight is 437 g/mol. The van der Waals surface area contributed by atoms with Gasteiger partial charge < -0.3 is 4.74 Å². The summed E-state index contributed by atoms with van der Waals surface area (Å²) in [4.78, 5) is 0. The van der Waals surface area contributed by atoms with E-state index in [1.807, 2.05) is 6.07 Å². The van der Waals surface area contributed by atoms with E-state index >= 15 is 0 Å². The molecule has 30 heavy (non-hydrogen) atoms. The molecule has 0 heterocycles. The van der Waals surface area contributed by atoms with Gasteiger partial charge in [-0.3, -0.25) is 0 Å². The van der Waals surface area contributed by atoms with Crippen LogP contribution in [0.3, 0.4) is 0 Å². The summed E-state index contributed by atoms with van der Waals surface area (Å²) in [7, 11) is -0.583. The van der Waals surface area contributed by atoms with Crippen LogP contribution in [0.5, 0.6) is 5.75 Å². The van der Waals surface area contributed by atoms with Gasteiger partial charge in [0.15, 0.2) is 0 Å². The molecule has 170 valence electrons. The predicted molar refractivity (Wildman–Crippen MR) is 126 cm³/mol. The highest BCUT2D eigenvalue weighted by molar-refractivity contribution is 6.53. The lowest BCUT2D eigenvalue weighted by Gasteiger charge is -2.38. The molecule has 2 fully saturated rings. The average Bonchev–Trinajstić information content (AvgIpc) is 2.78. The fraction of sp³-hybridized carbons (Fsp3) is 0.769. The lowest BCUT2D eigenvalue weighted by atomic mass is 9.69. The van der Waals surface area contributed by atoms with Crippen LogP contribution in [-0.2, 0) is 0 Å². The second kappa shape index (κ2) is 12.8. The predicted octanol–water partition coefficient (Wildman–Crippen LogP) is 6.58. The Hall–Kier alpha value is -0.903. The molecule has 1 aromatic carbocycles. The number of hydrogen-bond acceptors (Lipinski definition) is 1. The van der Waals surface area contributed by atoms with Crippen molar-refractivity contribution in [2.75, 3.05) is 13.3 Å². The molecule has 0 N–H and O–H groups in total. The number of ether oxygens (including phenoxy) is 1. The zero-order valence-corrected chi connectivity index (χ0v) is 20.4. The van der Waals surface area contributed by atoms with E-state index in [9.17, 15) is 8.78 Å². The zero-order chi connectivity index (χ0) is 21.2. The highest BCUT2D eigenvalue weighted by atomic mass is 28.2. The van der Waals surface area contributed by atoms with E-state index in [0.717, 1.165) is 28.9 Å². The van der Waals surface area contributed by atoms with Crippen LogP contribution in [0, 0.1) is 29.5 Å². The summed E-state index contributed by atoms with van der Waals surface area (Å²) < 4.78 is 31.7. The largest absolute Gasteiger partial charge is 0.491 e. The minimum absolute atomic E-state index is 0.0000363. The quantitative estimate of drug-likeness (QED) is 0.281. The minimum atomic E-state index is -0.583. The summed E-state index contributed by atoms with van der Waals surface area (Å²) in [6, 6.07) is 6.34. The summed E-state index contributed by atoms with van der Waals surface area (Å²) in [5.74, 6) is 4.06. The van der Waals surface area contributed by atoms with Crippen LogP contribution in [-0.4, -0.2) is 22.8 Å². The van der Waals surface area contributed by atoms with Crippen molar-refractivity contribution in [1.82, 2.24) is 0 Å². The smallest absolute Gasteiger partial charge is 0.125 e. The molecule has 0 aromatic heterocycles. The number of alkyl halides is 1. The van der Waals surface area contributed by atoms with E-state index in [1.54, 1.807) is 6.07 Å². The van der Waals surface area contributed by atoms with Gasteiger partial charge in [-0.05, 0) is 60.6 Å². The maximum atomic E-state index is 14.3. The molecule has 2 aliphatic rings. The molecule has 0 atom stereocenters. The zero-order valence-electron chi connectivity index (χ0n) is 19.0. The molecule has 0 spiro atoms. The van der Waals surface area contributed by atoms with Gasteiger partial charge in [0.2, 0.25) is 0 Å². The molecular weight excluding hydrogens is 394 g/mol. The number of halogens is 2. The van der Waals surface area contributed by atoms with Crippen molar-refractivity contribution in [3.05, 3.63) is 24.0 Å². The van der Waals surface area contributed by atoms with E-state index in [2.05, 4.69) is 6.92 Å². The molecule has 0 bridgehead atoms. The van der Waals surface area contributed by atoms with Gasteiger partial charge in [-0.1, -0.05) is 70.4 Å². The third-order valence-corrected chi connectivity index (χ3v) is 10.1. The number of unbranched alkanes of at least 4 members (excludes halogenated alkanes) is 2. The first kappa shape index (κ1) is 23.8. The van der Waals surface area contributed by atoms with Gasteiger partial charge in [0.05, 0.1) is 9.52 Å². The molecule has 2 aliphatic carbocycles. The molecular formula is C26H42F2OSi. The standard InChI is InChI=1S/C26H42F2OSi/c1-2-3-4-5-20-6-10-22(11-7-20)23-12-8-21(9-13-23)19-30-26-15-14-24(18-25(26)28)29-17-16-27/h14-15,18,20-23H,2-13,16-17,19,30H2,1H3. The Kier molecular flexibility index (Phi) is 10.2. The van der Waals surface area contributed by atoms with Crippen molar-refractivity contribution in [1.29, 1.82) is 0 Å². The van der Waals surface area contributed by atoms with E-state index in [0.29, 0.717) is 5.75 Å². The van der Waals surface area contributed by atoms with Crippen LogP contribution in [0.25, 0.3) is 0 Å². The van der Waals surface area contributed by atoms with Gasteiger partial charge in [0, 0.05) is 6.07 Å². The number of benzene rings is 1. The topological polar surface area (TPSA) is 9.23 Å². The summed E-state index contributed by atoms with van der Waals surface area (Å²) in [6.07, 6.45) is 17.1. The minimum Gasteiger partial charge on any atom is -0.491 e. The molecule has 4 heteroatoms. The molecule has 3 rings (SSSR count). The summed E-state index contributed by atoms with van der Waals surface area (Å²) in [5, 5.41) is 0.908. The molecule has 0 amide bonds. The Labute approximate surface area is 185 Å². The van der Waals surface area contributed by atoms with Crippen LogP contribution < -0.4 is 9.92 Å². The molecule has 0 aliphatic heterocycles. The fourth-order valence-corrected chi connectivity index (χ4v) is 7.84. The monoisotopic (exact) mass is 436 g/mol.